The van der Waals surface area contributed by atoms with Crippen LogP contribution in [0.15, 0.2) is 42.5 Å². The number of hydrogen-bond acceptors (Lipinski definition) is 6. The fourth-order valence-electron chi connectivity index (χ4n) is 4.32. The number of benzene rings is 2. The number of likely N-dealkylation sites (N-methyl/N-ethyl adjacent to an activating group) is 1. The van der Waals surface area contributed by atoms with Crippen LogP contribution in [0.2, 0.25) is 0 Å². The molecule has 0 aliphatic carbocycles. The van der Waals surface area contributed by atoms with Crippen LogP contribution in [0.4, 0.5) is 5.69 Å². The molecule has 0 unspecified atom stereocenters. The molecule has 0 aromatic heterocycles. The average Bonchev–Trinajstić information content (AvgIpc) is 2.87. The second-order valence-corrected chi connectivity index (χ2v) is 9.13. The van der Waals surface area contributed by atoms with Crippen LogP contribution in [0.5, 0.6) is 11.5 Å². The monoisotopic (exact) mass is 497 g/mol. The van der Waals surface area contributed by atoms with Crippen molar-refractivity contribution >= 4 is 23.4 Å². The lowest BCUT2D eigenvalue weighted by atomic mass is 10.0. The van der Waals surface area contributed by atoms with Crippen LogP contribution in [0.25, 0.3) is 0 Å². The molecule has 1 N–H and O–H groups in total. The van der Waals surface area contributed by atoms with E-state index in [2.05, 4.69) is 5.32 Å². The van der Waals surface area contributed by atoms with Gasteiger partial charge in [0.1, 0.15) is 18.1 Å². The molecule has 0 saturated heterocycles. The Labute approximate surface area is 212 Å². The van der Waals surface area contributed by atoms with E-state index in [0.29, 0.717) is 41.4 Å². The summed E-state index contributed by atoms with van der Waals surface area (Å²) in [7, 11) is 4.81. The van der Waals surface area contributed by atoms with Gasteiger partial charge >= 0.3 is 0 Å². The molecule has 1 aliphatic rings. The van der Waals surface area contributed by atoms with Gasteiger partial charge < -0.3 is 29.3 Å². The second kappa shape index (κ2) is 11.9. The lowest BCUT2D eigenvalue weighted by Gasteiger charge is -2.35. The zero-order valence-corrected chi connectivity index (χ0v) is 21.7. The van der Waals surface area contributed by atoms with E-state index in [4.69, 9.17) is 14.2 Å². The quantitative estimate of drug-likeness (QED) is 0.696. The van der Waals surface area contributed by atoms with Crippen molar-refractivity contribution in [1.29, 1.82) is 0 Å². The van der Waals surface area contributed by atoms with Crippen molar-refractivity contribution in [2.24, 2.45) is 5.92 Å². The molecule has 9 nitrogen and oxygen atoms in total. The molecular weight excluding hydrogens is 462 g/mol. The number of ether oxygens (including phenoxy) is 3. The van der Waals surface area contributed by atoms with Gasteiger partial charge in [0.25, 0.3) is 11.8 Å². The molecule has 9 heteroatoms. The standard InChI is InChI=1S/C27H35N3O6/c1-17-14-30(19(3)31)18(2)16-36-24-12-11-20(13-22(24)27(33)29(4)15-25(17)35-6)28-26(32)21-9-7-8-10-23(21)34-5/h7-13,17-18,25H,14-16H2,1-6H3,(H,28,32)/t17-,18-,25+/m0/s1. The summed E-state index contributed by atoms with van der Waals surface area (Å²) in [6, 6.07) is 11.6. The predicted octanol–water partition coefficient (Wildman–Crippen LogP) is 3.30. The van der Waals surface area contributed by atoms with Crippen molar-refractivity contribution in [2.45, 2.75) is 32.9 Å². The van der Waals surface area contributed by atoms with Crippen molar-refractivity contribution in [3.8, 4) is 11.5 Å². The average molecular weight is 498 g/mol. The third kappa shape index (κ3) is 6.15. The summed E-state index contributed by atoms with van der Waals surface area (Å²) in [6.07, 6.45) is -0.273. The van der Waals surface area contributed by atoms with E-state index in [9.17, 15) is 14.4 Å². The topological polar surface area (TPSA) is 97.4 Å². The highest BCUT2D eigenvalue weighted by Gasteiger charge is 2.29. The lowest BCUT2D eigenvalue weighted by Crippen LogP contribution is -2.48. The number of methoxy groups -OCH3 is 2. The van der Waals surface area contributed by atoms with E-state index in [-0.39, 0.29) is 42.4 Å². The number of carbonyl (C=O) groups excluding carboxylic acids is 3. The third-order valence-electron chi connectivity index (χ3n) is 6.46. The summed E-state index contributed by atoms with van der Waals surface area (Å²) in [6.45, 7) is 6.48. The van der Waals surface area contributed by atoms with Crippen LogP contribution in [0, 0.1) is 5.92 Å². The van der Waals surface area contributed by atoms with Crippen LogP contribution >= 0.6 is 0 Å². The number of nitrogens with zero attached hydrogens (tertiary/aromatic N) is 2. The Morgan fingerprint density at radius 1 is 1.08 bits per heavy atom. The van der Waals surface area contributed by atoms with E-state index in [1.54, 1.807) is 66.4 Å². The van der Waals surface area contributed by atoms with Crippen LogP contribution in [-0.4, -0.2) is 80.6 Å². The number of rotatable bonds is 4. The summed E-state index contributed by atoms with van der Waals surface area (Å²) in [4.78, 5) is 42.1. The zero-order valence-electron chi connectivity index (χ0n) is 21.7. The van der Waals surface area contributed by atoms with Gasteiger partial charge in [-0.05, 0) is 37.3 Å². The van der Waals surface area contributed by atoms with Gasteiger partial charge in [0.15, 0.2) is 0 Å². The van der Waals surface area contributed by atoms with Gasteiger partial charge in [-0.25, -0.2) is 0 Å². The summed E-state index contributed by atoms with van der Waals surface area (Å²) in [5.74, 6) is 0.140. The summed E-state index contributed by atoms with van der Waals surface area (Å²) < 4.78 is 17.0. The van der Waals surface area contributed by atoms with Crippen molar-refractivity contribution < 1.29 is 28.6 Å². The first kappa shape index (κ1) is 27.0. The molecule has 1 aliphatic heterocycles. The molecule has 0 fully saturated rings. The molecular formula is C27H35N3O6. The maximum absolute atomic E-state index is 13.5. The number of fused-ring (bicyclic) bond motifs is 1. The molecule has 2 aromatic carbocycles. The van der Waals surface area contributed by atoms with Gasteiger partial charge in [0, 0.05) is 45.8 Å². The highest BCUT2D eigenvalue weighted by Crippen LogP contribution is 2.27. The fourth-order valence-corrected chi connectivity index (χ4v) is 4.32. The number of anilines is 1. The van der Waals surface area contributed by atoms with Crippen LogP contribution < -0.4 is 14.8 Å². The van der Waals surface area contributed by atoms with Crippen molar-refractivity contribution in [2.75, 3.05) is 46.3 Å². The van der Waals surface area contributed by atoms with Gasteiger partial charge in [-0.2, -0.15) is 0 Å². The highest BCUT2D eigenvalue weighted by atomic mass is 16.5. The van der Waals surface area contributed by atoms with Crippen molar-refractivity contribution in [3.05, 3.63) is 53.6 Å². The van der Waals surface area contributed by atoms with Crippen molar-refractivity contribution in [3.63, 3.8) is 0 Å². The van der Waals surface area contributed by atoms with Crippen LogP contribution in [0.3, 0.4) is 0 Å². The maximum atomic E-state index is 13.5. The van der Waals surface area contributed by atoms with E-state index < -0.39 is 0 Å². The minimum absolute atomic E-state index is 0.0121. The van der Waals surface area contributed by atoms with E-state index >= 15 is 0 Å². The van der Waals surface area contributed by atoms with Crippen molar-refractivity contribution in [1.82, 2.24) is 9.80 Å². The number of nitrogens with one attached hydrogen (secondary N) is 1. The molecule has 2 aromatic rings. The molecule has 1 heterocycles. The Morgan fingerprint density at radius 2 is 1.81 bits per heavy atom. The third-order valence-corrected chi connectivity index (χ3v) is 6.46. The van der Waals surface area contributed by atoms with Gasteiger partial charge in [0.05, 0.1) is 30.4 Å². The molecule has 3 atom stereocenters. The molecule has 3 amide bonds. The van der Waals surface area contributed by atoms with E-state index in [1.165, 1.54) is 14.0 Å². The first-order chi connectivity index (χ1) is 17.2. The molecule has 3 rings (SSSR count). The Kier molecular flexibility index (Phi) is 8.93. The van der Waals surface area contributed by atoms with E-state index in [1.807, 2.05) is 13.8 Å². The largest absolute Gasteiger partial charge is 0.496 e. The molecule has 0 spiro atoms. The lowest BCUT2D eigenvalue weighted by molar-refractivity contribution is -0.133. The predicted molar refractivity (Wildman–Crippen MR) is 137 cm³/mol. The Hall–Kier alpha value is -3.59. The SMILES string of the molecule is COc1ccccc1C(=O)Nc1ccc2c(c1)C(=O)N(C)C[C@@H](OC)[C@@H](C)CN(C(C)=O)[C@@H](C)CO2. The minimum atomic E-state index is -0.360. The molecule has 194 valence electrons. The van der Waals surface area contributed by atoms with Gasteiger partial charge in [-0.3, -0.25) is 14.4 Å². The Balaban J connectivity index is 1.95. The number of para-hydroxylation sites is 1. The van der Waals surface area contributed by atoms with Gasteiger partial charge in [-0.15, -0.1) is 0 Å². The Morgan fingerprint density at radius 3 is 2.47 bits per heavy atom. The maximum Gasteiger partial charge on any atom is 0.259 e. The Bertz CT molecular complexity index is 1100. The number of carbonyl (C=O) groups is 3. The first-order valence-corrected chi connectivity index (χ1v) is 11.9. The summed E-state index contributed by atoms with van der Waals surface area (Å²) in [5, 5.41) is 2.84. The van der Waals surface area contributed by atoms with Crippen LogP contribution in [0.1, 0.15) is 41.5 Å². The van der Waals surface area contributed by atoms with Gasteiger partial charge in [-0.1, -0.05) is 19.1 Å². The molecule has 36 heavy (non-hydrogen) atoms. The van der Waals surface area contributed by atoms with E-state index in [0.717, 1.165) is 0 Å². The molecule has 0 radical (unpaired) electrons. The number of hydrogen-bond donors (Lipinski definition) is 1. The normalized spacial score (nSPS) is 20.9. The second-order valence-electron chi connectivity index (χ2n) is 9.13. The minimum Gasteiger partial charge on any atom is -0.496 e. The van der Waals surface area contributed by atoms with Crippen LogP contribution in [-0.2, 0) is 9.53 Å². The summed E-state index contributed by atoms with van der Waals surface area (Å²) in [5.41, 5.74) is 1.12. The summed E-state index contributed by atoms with van der Waals surface area (Å²) >= 11 is 0. The smallest absolute Gasteiger partial charge is 0.259 e. The fraction of sp³-hybridized carbons (Fsp3) is 0.444. The highest BCUT2D eigenvalue weighted by molar-refractivity contribution is 6.07. The molecule has 0 saturated carbocycles. The zero-order chi connectivity index (χ0) is 26.4. The first-order valence-electron chi connectivity index (χ1n) is 11.9. The number of amides is 3. The molecule has 0 bridgehead atoms. The van der Waals surface area contributed by atoms with Gasteiger partial charge in [0.2, 0.25) is 5.91 Å².